The molecule has 3 N–H and O–H groups in total. The number of hydrogen-bond donors (Lipinski definition) is 3. The van der Waals surface area contributed by atoms with Crippen molar-refractivity contribution >= 4 is 22.8 Å². The number of para-hydroxylation sites is 1. The second-order valence-corrected chi connectivity index (χ2v) is 7.15. The van der Waals surface area contributed by atoms with Gasteiger partial charge in [-0.15, -0.1) is 12.5 Å². The Morgan fingerprint density at radius 1 is 1.34 bits per heavy atom. The summed E-state index contributed by atoms with van der Waals surface area (Å²) in [6.45, 7) is 10.2. The Balaban J connectivity index is 1.85. The van der Waals surface area contributed by atoms with Crippen LogP contribution in [-0.4, -0.2) is 33.4 Å². The van der Waals surface area contributed by atoms with E-state index in [4.69, 9.17) is 9.97 Å². The SMILES string of the molecule is C=CC1CNC(=O)c2cc(-c3cccc4nc(C)c(N[C@H](C)C#CC)nc34)[nH]c21. The second-order valence-electron chi connectivity index (χ2n) is 7.15. The molecule has 1 aliphatic rings. The summed E-state index contributed by atoms with van der Waals surface area (Å²) >= 11 is 0. The van der Waals surface area contributed by atoms with Gasteiger partial charge in [0.15, 0.2) is 0 Å². The molecule has 1 aromatic carbocycles. The third-order valence-electron chi connectivity index (χ3n) is 5.10. The Hall–Kier alpha value is -3.59. The number of carbonyl (C=O) groups is 1. The molecule has 0 saturated carbocycles. The van der Waals surface area contributed by atoms with Crippen molar-refractivity contribution in [2.75, 3.05) is 11.9 Å². The quantitative estimate of drug-likeness (QED) is 0.472. The van der Waals surface area contributed by atoms with Crippen LogP contribution in [0.4, 0.5) is 5.82 Å². The van der Waals surface area contributed by atoms with E-state index in [-0.39, 0.29) is 17.9 Å². The van der Waals surface area contributed by atoms with E-state index in [2.05, 4.69) is 34.0 Å². The first-order valence-corrected chi connectivity index (χ1v) is 9.62. The van der Waals surface area contributed by atoms with Gasteiger partial charge in [-0.2, -0.15) is 0 Å². The van der Waals surface area contributed by atoms with E-state index >= 15 is 0 Å². The van der Waals surface area contributed by atoms with E-state index in [0.717, 1.165) is 33.7 Å². The second kappa shape index (κ2) is 7.44. The van der Waals surface area contributed by atoms with E-state index in [1.54, 1.807) is 0 Å². The van der Waals surface area contributed by atoms with Gasteiger partial charge in [0.25, 0.3) is 5.91 Å². The number of nitrogens with zero attached hydrogens (tertiary/aromatic N) is 2. The van der Waals surface area contributed by atoms with E-state index in [1.165, 1.54) is 0 Å². The molecule has 3 aromatic rings. The lowest BCUT2D eigenvalue weighted by Crippen LogP contribution is -2.33. The van der Waals surface area contributed by atoms with Crippen molar-refractivity contribution in [2.24, 2.45) is 0 Å². The minimum atomic E-state index is -0.0721. The molecule has 1 amide bonds. The number of amides is 1. The molecule has 6 nitrogen and oxygen atoms in total. The minimum Gasteiger partial charge on any atom is -0.357 e. The van der Waals surface area contributed by atoms with Gasteiger partial charge in [0.2, 0.25) is 0 Å². The van der Waals surface area contributed by atoms with Crippen molar-refractivity contribution in [2.45, 2.75) is 32.7 Å². The van der Waals surface area contributed by atoms with E-state index in [9.17, 15) is 4.79 Å². The molecule has 29 heavy (non-hydrogen) atoms. The van der Waals surface area contributed by atoms with Crippen molar-refractivity contribution in [1.82, 2.24) is 20.3 Å². The number of carbonyl (C=O) groups excluding carboxylic acids is 1. The molecule has 0 spiro atoms. The van der Waals surface area contributed by atoms with Gasteiger partial charge in [0.05, 0.1) is 22.8 Å². The molecule has 2 atom stereocenters. The lowest BCUT2D eigenvalue weighted by Gasteiger charge is -2.19. The maximum atomic E-state index is 12.3. The third-order valence-corrected chi connectivity index (χ3v) is 5.10. The Morgan fingerprint density at radius 2 is 2.17 bits per heavy atom. The van der Waals surface area contributed by atoms with Crippen LogP contribution in [-0.2, 0) is 0 Å². The summed E-state index contributed by atoms with van der Waals surface area (Å²) in [5, 5.41) is 6.23. The largest absolute Gasteiger partial charge is 0.357 e. The van der Waals surface area contributed by atoms with Gasteiger partial charge in [-0.05, 0) is 32.9 Å². The van der Waals surface area contributed by atoms with E-state index < -0.39 is 0 Å². The van der Waals surface area contributed by atoms with Gasteiger partial charge >= 0.3 is 0 Å². The van der Waals surface area contributed by atoms with Crippen LogP contribution in [0.5, 0.6) is 0 Å². The number of aryl methyl sites for hydroxylation is 1. The smallest absolute Gasteiger partial charge is 0.253 e. The molecule has 0 radical (unpaired) electrons. The van der Waals surface area contributed by atoms with Crippen LogP contribution in [0, 0.1) is 18.8 Å². The predicted molar refractivity (Wildman–Crippen MR) is 116 cm³/mol. The summed E-state index contributed by atoms with van der Waals surface area (Å²) in [6.07, 6.45) is 1.85. The Kier molecular flexibility index (Phi) is 4.81. The fourth-order valence-electron chi connectivity index (χ4n) is 3.67. The van der Waals surface area contributed by atoms with Gasteiger partial charge in [0.1, 0.15) is 11.3 Å². The summed E-state index contributed by atoms with van der Waals surface area (Å²) in [7, 11) is 0. The zero-order valence-corrected chi connectivity index (χ0v) is 16.8. The van der Waals surface area contributed by atoms with Crippen molar-refractivity contribution < 1.29 is 4.79 Å². The van der Waals surface area contributed by atoms with Gasteiger partial charge in [-0.3, -0.25) is 4.79 Å². The zero-order valence-electron chi connectivity index (χ0n) is 16.8. The summed E-state index contributed by atoms with van der Waals surface area (Å²) in [5.74, 6) is 6.68. The normalized spacial score (nSPS) is 16.4. The molecule has 1 unspecified atom stereocenters. The zero-order chi connectivity index (χ0) is 20.5. The van der Waals surface area contributed by atoms with Crippen LogP contribution in [0.15, 0.2) is 36.9 Å². The Morgan fingerprint density at radius 3 is 2.93 bits per heavy atom. The number of anilines is 1. The van der Waals surface area contributed by atoms with Crippen LogP contribution < -0.4 is 10.6 Å². The first kappa shape index (κ1) is 18.8. The molecule has 146 valence electrons. The highest BCUT2D eigenvalue weighted by Gasteiger charge is 2.26. The van der Waals surface area contributed by atoms with Crippen LogP contribution in [0.3, 0.4) is 0 Å². The molecular formula is C23H23N5O. The number of aromatic nitrogens is 3. The van der Waals surface area contributed by atoms with Crippen molar-refractivity contribution in [3.8, 4) is 23.1 Å². The number of rotatable bonds is 4. The number of nitrogens with one attached hydrogen (secondary N) is 3. The van der Waals surface area contributed by atoms with Crippen LogP contribution in [0.2, 0.25) is 0 Å². The molecular weight excluding hydrogens is 362 g/mol. The monoisotopic (exact) mass is 385 g/mol. The van der Waals surface area contributed by atoms with Crippen LogP contribution in [0.25, 0.3) is 22.3 Å². The topological polar surface area (TPSA) is 82.7 Å². The number of benzene rings is 1. The van der Waals surface area contributed by atoms with Gasteiger partial charge < -0.3 is 15.6 Å². The maximum Gasteiger partial charge on any atom is 0.253 e. The standard InChI is InChI=1S/C23H23N5O/c1-5-8-13(3)25-22-14(4)26-18-10-7-9-16(21(18)28-22)19-11-17-20(27-19)15(6-2)12-24-23(17)29/h6-7,9-11,13,15,27H,2,12H2,1,3-4H3,(H,24,29)(H,25,28)/t13-,15?/m1/s1. The molecule has 6 heteroatoms. The number of H-pyrrole nitrogens is 1. The fourth-order valence-corrected chi connectivity index (χ4v) is 3.67. The van der Waals surface area contributed by atoms with Crippen molar-refractivity contribution in [1.29, 1.82) is 0 Å². The highest BCUT2D eigenvalue weighted by atomic mass is 16.1. The van der Waals surface area contributed by atoms with Crippen molar-refractivity contribution in [3.63, 3.8) is 0 Å². The van der Waals surface area contributed by atoms with E-state index in [0.29, 0.717) is 17.9 Å². The van der Waals surface area contributed by atoms with Crippen molar-refractivity contribution in [3.05, 3.63) is 53.9 Å². The minimum absolute atomic E-state index is 0.0348. The molecule has 3 heterocycles. The number of fused-ring (bicyclic) bond motifs is 2. The fraction of sp³-hybridized carbons (Fsp3) is 0.261. The molecule has 1 aliphatic heterocycles. The lowest BCUT2D eigenvalue weighted by molar-refractivity contribution is 0.0943. The van der Waals surface area contributed by atoms with Gasteiger partial charge in [-0.1, -0.05) is 24.1 Å². The highest BCUT2D eigenvalue weighted by molar-refractivity contribution is 6.00. The number of aromatic amines is 1. The summed E-state index contributed by atoms with van der Waals surface area (Å²) < 4.78 is 0. The number of hydrogen-bond acceptors (Lipinski definition) is 4. The molecule has 0 fully saturated rings. The average molecular weight is 385 g/mol. The lowest BCUT2D eigenvalue weighted by atomic mass is 9.98. The van der Waals surface area contributed by atoms with Gasteiger partial charge in [-0.25, -0.2) is 9.97 Å². The van der Waals surface area contributed by atoms with Gasteiger partial charge in [0, 0.05) is 29.4 Å². The summed E-state index contributed by atoms with van der Waals surface area (Å²) in [5.41, 5.74) is 5.67. The van der Waals surface area contributed by atoms with E-state index in [1.807, 2.05) is 51.1 Å². The Labute approximate surface area is 169 Å². The predicted octanol–water partition coefficient (Wildman–Crippen LogP) is 3.77. The average Bonchev–Trinajstić information content (AvgIpc) is 3.15. The maximum absolute atomic E-state index is 12.3. The van der Waals surface area contributed by atoms with Crippen LogP contribution >= 0.6 is 0 Å². The first-order chi connectivity index (χ1) is 14.0. The molecule has 2 aromatic heterocycles. The third kappa shape index (κ3) is 3.36. The highest BCUT2D eigenvalue weighted by Crippen LogP contribution is 2.33. The molecule has 4 rings (SSSR count). The molecule has 0 bridgehead atoms. The summed E-state index contributed by atoms with van der Waals surface area (Å²) in [6, 6.07) is 7.74. The molecule has 0 saturated heterocycles. The Bertz CT molecular complexity index is 1180. The molecule has 0 aliphatic carbocycles. The first-order valence-electron chi connectivity index (χ1n) is 9.62. The summed E-state index contributed by atoms with van der Waals surface area (Å²) in [4.78, 5) is 25.3. The van der Waals surface area contributed by atoms with Crippen LogP contribution in [0.1, 0.15) is 41.5 Å².